The summed E-state index contributed by atoms with van der Waals surface area (Å²) in [6, 6.07) is 4.39. The smallest absolute Gasteiger partial charge is 0.0795 e. The predicted molar refractivity (Wildman–Crippen MR) is 66.5 cm³/mol. The lowest BCUT2D eigenvalue weighted by molar-refractivity contribution is 0.566. The highest BCUT2D eigenvalue weighted by Crippen LogP contribution is 2.11. The molecule has 3 nitrogen and oxygen atoms in total. The molecular weight excluding hydrogens is 218 g/mol. The van der Waals surface area contributed by atoms with Crippen LogP contribution in [0.1, 0.15) is 24.2 Å². The molecule has 0 radical (unpaired) electrons. The van der Waals surface area contributed by atoms with Crippen molar-refractivity contribution in [2.45, 2.75) is 19.4 Å². The van der Waals surface area contributed by atoms with E-state index in [4.69, 9.17) is 0 Å². The molecule has 2 heterocycles. The molecule has 0 fully saturated rings. The Bertz CT molecular complexity index is 399. The van der Waals surface area contributed by atoms with Crippen LogP contribution in [-0.4, -0.2) is 16.5 Å². The van der Waals surface area contributed by atoms with Gasteiger partial charge in [0.05, 0.1) is 11.2 Å². The fourth-order valence-corrected chi connectivity index (χ4v) is 2.17. The van der Waals surface area contributed by atoms with Gasteiger partial charge in [0.1, 0.15) is 0 Å². The monoisotopic (exact) mass is 233 g/mol. The van der Waals surface area contributed by atoms with Gasteiger partial charge in [0.2, 0.25) is 0 Å². The second-order valence-corrected chi connectivity index (χ2v) is 4.42. The number of hydrogen-bond donors (Lipinski definition) is 1. The van der Waals surface area contributed by atoms with E-state index in [2.05, 4.69) is 33.7 Å². The third-order valence-electron chi connectivity index (χ3n) is 2.48. The molecule has 16 heavy (non-hydrogen) atoms. The van der Waals surface area contributed by atoms with E-state index in [-0.39, 0.29) is 0 Å². The maximum absolute atomic E-state index is 4.29. The quantitative estimate of drug-likeness (QED) is 0.862. The molecule has 0 saturated heterocycles. The van der Waals surface area contributed by atoms with Crippen LogP contribution < -0.4 is 5.32 Å². The average molecular weight is 233 g/mol. The first-order chi connectivity index (χ1) is 7.86. The summed E-state index contributed by atoms with van der Waals surface area (Å²) in [5.41, 5.74) is 4.26. The van der Waals surface area contributed by atoms with E-state index in [0.29, 0.717) is 6.04 Å². The molecule has 0 aromatic carbocycles. The van der Waals surface area contributed by atoms with Gasteiger partial charge in [-0.2, -0.15) is 0 Å². The lowest BCUT2D eigenvalue weighted by atomic mass is 10.2. The fourth-order valence-electron chi connectivity index (χ4n) is 1.52. The lowest BCUT2D eigenvalue weighted by Crippen LogP contribution is -2.21. The van der Waals surface area contributed by atoms with Crippen LogP contribution >= 0.6 is 11.3 Å². The highest BCUT2D eigenvalue weighted by Gasteiger charge is 2.05. The third-order valence-corrected chi connectivity index (χ3v) is 3.09. The second kappa shape index (κ2) is 5.72. The summed E-state index contributed by atoms with van der Waals surface area (Å²) in [4.78, 5) is 8.38. The van der Waals surface area contributed by atoms with Crippen molar-refractivity contribution in [1.82, 2.24) is 15.3 Å². The molecule has 1 unspecified atom stereocenters. The first-order valence-corrected chi connectivity index (χ1v) is 6.31. The third kappa shape index (κ3) is 3.12. The Hall–Kier alpha value is -1.26. The van der Waals surface area contributed by atoms with Crippen molar-refractivity contribution in [3.63, 3.8) is 0 Å². The number of rotatable bonds is 5. The Labute approximate surface area is 99.6 Å². The zero-order chi connectivity index (χ0) is 11.2. The normalized spacial score (nSPS) is 12.6. The minimum absolute atomic E-state index is 0.322. The molecule has 0 aliphatic rings. The lowest BCUT2D eigenvalue weighted by Gasteiger charge is -2.10. The van der Waals surface area contributed by atoms with Gasteiger partial charge in [-0.05, 0) is 31.5 Å². The van der Waals surface area contributed by atoms with Crippen molar-refractivity contribution in [3.8, 4) is 0 Å². The molecule has 84 valence electrons. The summed E-state index contributed by atoms with van der Waals surface area (Å²) in [6.45, 7) is 3.09. The molecule has 2 rings (SSSR count). The fraction of sp³-hybridized carbons (Fsp3) is 0.333. The first-order valence-electron chi connectivity index (χ1n) is 5.36. The van der Waals surface area contributed by atoms with Crippen molar-refractivity contribution in [1.29, 1.82) is 0 Å². The van der Waals surface area contributed by atoms with Crippen molar-refractivity contribution in [3.05, 3.63) is 46.7 Å². The van der Waals surface area contributed by atoms with Crippen LogP contribution in [0.25, 0.3) is 0 Å². The summed E-state index contributed by atoms with van der Waals surface area (Å²) in [6.07, 6.45) is 4.71. The Morgan fingerprint density at radius 3 is 3.12 bits per heavy atom. The summed E-state index contributed by atoms with van der Waals surface area (Å²) < 4.78 is 0. The van der Waals surface area contributed by atoms with E-state index in [9.17, 15) is 0 Å². The minimum Gasteiger partial charge on any atom is -0.308 e. The van der Waals surface area contributed by atoms with Crippen molar-refractivity contribution in [2.24, 2.45) is 0 Å². The number of aromatic nitrogens is 2. The highest BCUT2D eigenvalue weighted by atomic mass is 32.1. The van der Waals surface area contributed by atoms with Crippen LogP contribution in [0.4, 0.5) is 0 Å². The summed E-state index contributed by atoms with van der Waals surface area (Å²) in [5, 5.41) is 5.53. The predicted octanol–water partition coefficient (Wildman–Crippen LogP) is 2.43. The molecule has 2 aromatic heterocycles. The van der Waals surface area contributed by atoms with Gasteiger partial charge < -0.3 is 5.32 Å². The van der Waals surface area contributed by atoms with Crippen LogP contribution in [0, 0.1) is 0 Å². The maximum Gasteiger partial charge on any atom is 0.0795 e. The number of hydrogen-bond acceptors (Lipinski definition) is 4. The molecule has 4 heteroatoms. The van der Waals surface area contributed by atoms with Crippen LogP contribution in [0.3, 0.4) is 0 Å². The van der Waals surface area contributed by atoms with Gasteiger partial charge in [-0.1, -0.05) is 6.07 Å². The van der Waals surface area contributed by atoms with Gasteiger partial charge in [0, 0.05) is 23.8 Å². The Balaban J connectivity index is 1.76. The maximum atomic E-state index is 4.29. The number of nitrogens with zero attached hydrogens (tertiary/aromatic N) is 2. The van der Waals surface area contributed by atoms with E-state index in [1.165, 1.54) is 5.56 Å². The van der Waals surface area contributed by atoms with Crippen LogP contribution in [-0.2, 0) is 6.42 Å². The zero-order valence-electron chi connectivity index (χ0n) is 9.26. The zero-order valence-corrected chi connectivity index (χ0v) is 10.1. The van der Waals surface area contributed by atoms with Gasteiger partial charge in [0.15, 0.2) is 0 Å². The molecular formula is C12H15N3S. The van der Waals surface area contributed by atoms with Crippen LogP contribution in [0.2, 0.25) is 0 Å². The SMILES string of the molecule is CC(NCCc1cccnc1)c1cscn1. The Morgan fingerprint density at radius 1 is 1.50 bits per heavy atom. The van der Waals surface area contributed by atoms with Crippen LogP contribution in [0.15, 0.2) is 35.4 Å². The van der Waals surface area contributed by atoms with Crippen molar-refractivity contribution >= 4 is 11.3 Å². The molecule has 0 aliphatic carbocycles. The first kappa shape index (κ1) is 11.2. The molecule has 0 bridgehead atoms. The van der Waals surface area contributed by atoms with Crippen molar-refractivity contribution in [2.75, 3.05) is 6.54 Å². The van der Waals surface area contributed by atoms with Gasteiger partial charge in [0.25, 0.3) is 0 Å². The summed E-state index contributed by atoms with van der Waals surface area (Å²) in [7, 11) is 0. The molecule has 0 aliphatic heterocycles. The highest BCUT2D eigenvalue weighted by molar-refractivity contribution is 7.07. The Kier molecular flexibility index (Phi) is 4.02. The number of nitrogens with one attached hydrogen (secondary N) is 1. The van der Waals surface area contributed by atoms with Crippen LogP contribution in [0.5, 0.6) is 0 Å². The molecule has 0 spiro atoms. The summed E-state index contributed by atoms with van der Waals surface area (Å²) >= 11 is 1.64. The molecule has 0 amide bonds. The molecule has 1 N–H and O–H groups in total. The average Bonchev–Trinajstić information content (AvgIpc) is 2.84. The largest absolute Gasteiger partial charge is 0.308 e. The Morgan fingerprint density at radius 2 is 2.44 bits per heavy atom. The second-order valence-electron chi connectivity index (χ2n) is 3.70. The van der Waals surface area contributed by atoms with E-state index >= 15 is 0 Å². The van der Waals surface area contributed by atoms with Gasteiger partial charge in [-0.25, -0.2) is 4.98 Å². The van der Waals surface area contributed by atoms with Crippen molar-refractivity contribution < 1.29 is 0 Å². The molecule has 2 aromatic rings. The molecule has 0 saturated carbocycles. The number of pyridine rings is 1. The van der Waals surface area contributed by atoms with Gasteiger partial charge >= 0.3 is 0 Å². The molecule has 1 atom stereocenters. The summed E-state index contributed by atoms with van der Waals surface area (Å²) in [5.74, 6) is 0. The van der Waals surface area contributed by atoms with E-state index in [0.717, 1.165) is 18.7 Å². The van der Waals surface area contributed by atoms with Gasteiger partial charge in [-0.15, -0.1) is 11.3 Å². The number of thiazole rings is 1. The standard InChI is InChI=1S/C12H15N3S/c1-10(12-8-16-9-15-12)14-6-4-11-3-2-5-13-7-11/h2-3,5,7-10,14H,4,6H2,1H3. The van der Waals surface area contributed by atoms with E-state index < -0.39 is 0 Å². The van der Waals surface area contributed by atoms with Gasteiger partial charge in [-0.3, -0.25) is 4.98 Å². The van der Waals surface area contributed by atoms with E-state index in [1.807, 2.05) is 17.8 Å². The minimum atomic E-state index is 0.322. The van der Waals surface area contributed by atoms with E-state index in [1.54, 1.807) is 17.5 Å². The topological polar surface area (TPSA) is 37.8 Å².